The SMILES string of the molecule is CC(C)N(Cc1ccccn1)Cc1nc(Cc2ccccc2)no1. The molecule has 2 aromatic heterocycles. The van der Waals surface area contributed by atoms with Gasteiger partial charge in [-0.3, -0.25) is 9.88 Å². The Morgan fingerprint density at radius 2 is 1.79 bits per heavy atom. The third-order valence-electron chi connectivity index (χ3n) is 3.88. The minimum absolute atomic E-state index is 0.358. The van der Waals surface area contributed by atoms with Crippen LogP contribution in [0.5, 0.6) is 0 Å². The van der Waals surface area contributed by atoms with Crippen LogP contribution in [-0.4, -0.2) is 26.1 Å². The van der Waals surface area contributed by atoms with E-state index in [4.69, 9.17) is 4.52 Å². The van der Waals surface area contributed by atoms with E-state index in [1.165, 1.54) is 5.56 Å². The maximum atomic E-state index is 5.43. The first kappa shape index (κ1) is 16.3. The first-order valence-electron chi connectivity index (χ1n) is 8.20. The second-order valence-corrected chi connectivity index (χ2v) is 6.09. The lowest BCUT2D eigenvalue weighted by Gasteiger charge is -2.24. The van der Waals surface area contributed by atoms with E-state index in [1.807, 2.05) is 42.6 Å². The number of rotatable bonds is 7. The summed E-state index contributed by atoms with van der Waals surface area (Å²) in [6.45, 7) is 5.69. The summed E-state index contributed by atoms with van der Waals surface area (Å²) in [6.07, 6.45) is 2.50. The minimum atomic E-state index is 0.358. The molecule has 0 aliphatic rings. The Balaban J connectivity index is 1.65. The summed E-state index contributed by atoms with van der Waals surface area (Å²) in [5.41, 5.74) is 2.22. The lowest BCUT2D eigenvalue weighted by Crippen LogP contribution is -2.30. The highest BCUT2D eigenvalue weighted by atomic mass is 16.5. The molecule has 0 amide bonds. The van der Waals surface area contributed by atoms with Crippen LogP contribution >= 0.6 is 0 Å². The molecule has 0 aliphatic heterocycles. The Bertz CT molecular complexity index is 740. The van der Waals surface area contributed by atoms with Crippen molar-refractivity contribution >= 4 is 0 Å². The molecule has 2 heterocycles. The largest absolute Gasteiger partial charge is 0.338 e. The van der Waals surface area contributed by atoms with E-state index in [9.17, 15) is 0 Å². The van der Waals surface area contributed by atoms with Crippen LogP contribution in [0.3, 0.4) is 0 Å². The van der Waals surface area contributed by atoms with Gasteiger partial charge in [0.15, 0.2) is 5.82 Å². The second-order valence-electron chi connectivity index (χ2n) is 6.09. The maximum absolute atomic E-state index is 5.43. The zero-order valence-corrected chi connectivity index (χ0v) is 14.1. The lowest BCUT2D eigenvalue weighted by molar-refractivity contribution is 0.174. The Hall–Kier alpha value is -2.53. The quantitative estimate of drug-likeness (QED) is 0.667. The van der Waals surface area contributed by atoms with E-state index in [-0.39, 0.29) is 0 Å². The van der Waals surface area contributed by atoms with E-state index in [2.05, 4.69) is 46.0 Å². The molecule has 0 unspecified atom stereocenters. The number of benzene rings is 1. The number of hydrogen-bond donors (Lipinski definition) is 0. The third kappa shape index (κ3) is 4.49. The van der Waals surface area contributed by atoms with Gasteiger partial charge in [0.25, 0.3) is 0 Å². The molecule has 0 saturated heterocycles. The smallest absolute Gasteiger partial charge is 0.240 e. The van der Waals surface area contributed by atoms with Gasteiger partial charge in [0.2, 0.25) is 5.89 Å². The fourth-order valence-electron chi connectivity index (χ4n) is 2.50. The molecule has 1 aromatic carbocycles. The van der Waals surface area contributed by atoms with Crippen LogP contribution in [-0.2, 0) is 19.5 Å². The molecule has 24 heavy (non-hydrogen) atoms. The normalized spacial score (nSPS) is 11.3. The Labute approximate surface area is 142 Å². The predicted octanol–water partition coefficient (Wildman–Crippen LogP) is 3.47. The topological polar surface area (TPSA) is 55.1 Å². The van der Waals surface area contributed by atoms with Crippen molar-refractivity contribution in [2.24, 2.45) is 0 Å². The molecule has 0 N–H and O–H groups in total. The first-order chi connectivity index (χ1) is 11.7. The van der Waals surface area contributed by atoms with Gasteiger partial charge in [-0.25, -0.2) is 0 Å². The van der Waals surface area contributed by atoms with Crippen LogP contribution in [0.1, 0.15) is 36.8 Å². The average molecular weight is 322 g/mol. The van der Waals surface area contributed by atoms with Crippen molar-refractivity contribution < 1.29 is 4.52 Å². The van der Waals surface area contributed by atoms with Gasteiger partial charge in [0, 0.05) is 25.2 Å². The lowest BCUT2D eigenvalue weighted by atomic mass is 10.1. The summed E-state index contributed by atoms with van der Waals surface area (Å²) in [6, 6.07) is 16.5. The van der Waals surface area contributed by atoms with E-state index < -0.39 is 0 Å². The van der Waals surface area contributed by atoms with Crippen LogP contribution in [0.2, 0.25) is 0 Å². The van der Waals surface area contributed by atoms with Gasteiger partial charge in [-0.2, -0.15) is 4.98 Å². The number of hydrogen-bond acceptors (Lipinski definition) is 5. The Morgan fingerprint density at radius 3 is 2.50 bits per heavy atom. The van der Waals surface area contributed by atoms with E-state index in [0.717, 1.165) is 18.1 Å². The molecule has 0 spiro atoms. The van der Waals surface area contributed by atoms with Gasteiger partial charge in [-0.05, 0) is 31.5 Å². The molecule has 0 radical (unpaired) electrons. The molecule has 124 valence electrons. The number of aromatic nitrogens is 3. The molecule has 3 aromatic rings. The molecule has 3 rings (SSSR count). The average Bonchev–Trinajstić information content (AvgIpc) is 3.03. The number of nitrogens with zero attached hydrogens (tertiary/aromatic N) is 4. The van der Waals surface area contributed by atoms with E-state index in [0.29, 0.717) is 24.9 Å². The third-order valence-corrected chi connectivity index (χ3v) is 3.88. The van der Waals surface area contributed by atoms with E-state index in [1.54, 1.807) is 0 Å². The summed E-state index contributed by atoms with van der Waals surface area (Å²) in [7, 11) is 0. The standard InChI is InChI=1S/C19H22N4O/c1-15(2)23(13-17-10-6-7-11-20-17)14-19-21-18(22-24-19)12-16-8-4-3-5-9-16/h3-11,15H,12-14H2,1-2H3. The van der Waals surface area contributed by atoms with Crippen LogP contribution in [0.15, 0.2) is 59.3 Å². The van der Waals surface area contributed by atoms with Gasteiger partial charge in [0.05, 0.1) is 12.2 Å². The molecule has 0 fully saturated rings. The van der Waals surface area contributed by atoms with Crippen molar-refractivity contribution in [1.82, 2.24) is 20.0 Å². The fourth-order valence-corrected chi connectivity index (χ4v) is 2.50. The van der Waals surface area contributed by atoms with Gasteiger partial charge >= 0.3 is 0 Å². The molecular formula is C19H22N4O. The molecule has 0 atom stereocenters. The second kappa shape index (κ2) is 7.84. The van der Waals surface area contributed by atoms with Gasteiger partial charge < -0.3 is 4.52 Å². The molecule has 0 aliphatic carbocycles. The first-order valence-corrected chi connectivity index (χ1v) is 8.20. The molecule has 0 bridgehead atoms. The highest BCUT2D eigenvalue weighted by molar-refractivity contribution is 5.18. The van der Waals surface area contributed by atoms with Crippen molar-refractivity contribution in [1.29, 1.82) is 0 Å². The summed E-state index contributed by atoms with van der Waals surface area (Å²) < 4.78 is 5.43. The van der Waals surface area contributed by atoms with Crippen molar-refractivity contribution in [3.8, 4) is 0 Å². The maximum Gasteiger partial charge on any atom is 0.240 e. The molecule has 5 nitrogen and oxygen atoms in total. The van der Waals surface area contributed by atoms with E-state index >= 15 is 0 Å². The van der Waals surface area contributed by atoms with Crippen molar-refractivity contribution in [2.75, 3.05) is 0 Å². The minimum Gasteiger partial charge on any atom is -0.338 e. The molecular weight excluding hydrogens is 300 g/mol. The zero-order chi connectivity index (χ0) is 16.8. The summed E-state index contributed by atoms with van der Waals surface area (Å²) >= 11 is 0. The van der Waals surface area contributed by atoms with Gasteiger partial charge in [0.1, 0.15) is 0 Å². The van der Waals surface area contributed by atoms with Crippen LogP contribution < -0.4 is 0 Å². The predicted molar refractivity (Wildman–Crippen MR) is 92.2 cm³/mol. The highest BCUT2D eigenvalue weighted by Gasteiger charge is 2.16. The van der Waals surface area contributed by atoms with Gasteiger partial charge in [-0.15, -0.1) is 0 Å². The fraction of sp³-hybridized carbons (Fsp3) is 0.316. The van der Waals surface area contributed by atoms with Crippen molar-refractivity contribution in [2.45, 2.75) is 39.4 Å². The summed E-state index contributed by atoms with van der Waals surface area (Å²) in [5, 5.41) is 4.10. The summed E-state index contributed by atoms with van der Waals surface area (Å²) in [5.74, 6) is 1.36. The van der Waals surface area contributed by atoms with Crippen molar-refractivity contribution in [3.63, 3.8) is 0 Å². The zero-order valence-electron chi connectivity index (χ0n) is 14.1. The molecule has 0 saturated carbocycles. The van der Waals surface area contributed by atoms with Crippen LogP contribution in [0, 0.1) is 0 Å². The monoisotopic (exact) mass is 322 g/mol. The van der Waals surface area contributed by atoms with Crippen LogP contribution in [0.25, 0.3) is 0 Å². The Kier molecular flexibility index (Phi) is 5.33. The highest BCUT2D eigenvalue weighted by Crippen LogP contribution is 2.12. The van der Waals surface area contributed by atoms with Gasteiger partial charge in [-0.1, -0.05) is 41.6 Å². The van der Waals surface area contributed by atoms with Crippen molar-refractivity contribution in [3.05, 3.63) is 77.7 Å². The summed E-state index contributed by atoms with van der Waals surface area (Å²) in [4.78, 5) is 11.2. The Morgan fingerprint density at radius 1 is 1.00 bits per heavy atom. The van der Waals surface area contributed by atoms with Crippen LogP contribution in [0.4, 0.5) is 0 Å². The molecule has 5 heteroatoms. The number of pyridine rings is 1.